The standard InChI is InChI=1S/C26H23N3O3S2/c1-13-3-6-17(9-14(13)2)27-21(30)12-33-26-28-19-8-7-18(11-20(19)34-26)29-24(31)22-15-4-5-16(10-15)23(22)25(29)32/h3-9,11,15-16,22-23H,10,12H2,1-2H3,(H,27,30)/t15-,16-,22-,23+/m0/s1. The van der Waals surface area contributed by atoms with E-state index in [9.17, 15) is 14.4 Å². The molecular formula is C26H23N3O3S2. The van der Waals surface area contributed by atoms with E-state index >= 15 is 0 Å². The first-order valence-electron chi connectivity index (χ1n) is 11.4. The number of carbonyl (C=O) groups is 3. The first kappa shape index (κ1) is 21.6. The van der Waals surface area contributed by atoms with Crippen molar-refractivity contribution in [3.8, 4) is 0 Å². The third kappa shape index (κ3) is 3.47. The predicted octanol–water partition coefficient (Wildman–Crippen LogP) is 4.96. The number of benzene rings is 2. The van der Waals surface area contributed by atoms with Crippen LogP contribution in [0.15, 0.2) is 52.9 Å². The summed E-state index contributed by atoms with van der Waals surface area (Å²) in [6.07, 6.45) is 5.13. The Morgan fingerprint density at radius 3 is 2.50 bits per heavy atom. The van der Waals surface area contributed by atoms with E-state index in [2.05, 4.69) is 22.5 Å². The molecule has 1 aromatic heterocycles. The van der Waals surface area contributed by atoms with Crippen LogP contribution in [0.1, 0.15) is 17.5 Å². The highest BCUT2D eigenvalue weighted by atomic mass is 32.2. The van der Waals surface area contributed by atoms with Crippen LogP contribution in [0, 0.1) is 37.5 Å². The second kappa shape index (κ2) is 8.06. The van der Waals surface area contributed by atoms with E-state index in [1.54, 1.807) is 6.07 Å². The Hall–Kier alpha value is -2.97. The minimum atomic E-state index is -0.207. The maximum Gasteiger partial charge on any atom is 0.238 e. The molecule has 8 heteroatoms. The maximum atomic E-state index is 13.1. The van der Waals surface area contributed by atoms with Crippen LogP contribution in [0.25, 0.3) is 10.2 Å². The Balaban J connectivity index is 1.15. The summed E-state index contributed by atoms with van der Waals surface area (Å²) in [6.45, 7) is 4.06. The molecule has 2 aliphatic carbocycles. The molecule has 172 valence electrons. The minimum absolute atomic E-state index is 0.0756. The molecule has 1 aliphatic heterocycles. The van der Waals surface area contributed by atoms with Crippen LogP contribution in [0.3, 0.4) is 0 Å². The number of hydrogen-bond acceptors (Lipinski definition) is 6. The molecule has 0 spiro atoms. The van der Waals surface area contributed by atoms with Gasteiger partial charge in [-0.15, -0.1) is 11.3 Å². The van der Waals surface area contributed by atoms with E-state index in [4.69, 9.17) is 0 Å². The fraction of sp³-hybridized carbons (Fsp3) is 0.308. The van der Waals surface area contributed by atoms with Gasteiger partial charge >= 0.3 is 0 Å². The molecule has 4 atom stereocenters. The summed E-state index contributed by atoms with van der Waals surface area (Å²) in [5, 5.41) is 2.93. The molecule has 3 amide bonds. The Bertz CT molecular complexity index is 1370. The quantitative estimate of drug-likeness (QED) is 0.311. The van der Waals surface area contributed by atoms with Gasteiger partial charge in [-0.2, -0.15) is 0 Å². The number of allylic oxidation sites excluding steroid dienone is 2. The second-order valence-corrected chi connectivity index (χ2v) is 11.5. The summed E-state index contributed by atoms with van der Waals surface area (Å²) in [5.74, 6) is -0.00816. The molecule has 1 saturated carbocycles. The van der Waals surface area contributed by atoms with Gasteiger partial charge in [-0.05, 0) is 73.6 Å². The summed E-state index contributed by atoms with van der Waals surface area (Å²) in [7, 11) is 0. The Morgan fingerprint density at radius 1 is 1.06 bits per heavy atom. The Kier molecular flexibility index (Phi) is 5.11. The van der Waals surface area contributed by atoms with Crippen molar-refractivity contribution in [1.29, 1.82) is 0 Å². The van der Waals surface area contributed by atoms with Crippen LogP contribution < -0.4 is 10.2 Å². The monoisotopic (exact) mass is 489 g/mol. The number of imide groups is 1. The topological polar surface area (TPSA) is 79.4 Å². The van der Waals surface area contributed by atoms with Crippen LogP contribution in [0.5, 0.6) is 0 Å². The van der Waals surface area contributed by atoms with Gasteiger partial charge in [0.05, 0.1) is 33.5 Å². The van der Waals surface area contributed by atoms with Crippen LogP contribution in [-0.2, 0) is 14.4 Å². The maximum absolute atomic E-state index is 13.1. The second-order valence-electron chi connectivity index (χ2n) is 9.28. The molecule has 6 rings (SSSR count). The van der Waals surface area contributed by atoms with Crippen molar-refractivity contribution in [2.24, 2.45) is 23.7 Å². The summed E-state index contributed by atoms with van der Waals surface area (Å²) >= 11 is 2.85. The summed E-state index contributed by atoms with van der Waals surface area (Å²) < 4.78 is 1.67. The van der Waals surface area contributed by atoms with Gasteiger partial charge in [0.15, 0.2) is 4.34 Å². The first-order chi connectivity index (χ1) is 16.4. The van der Waals surface area contributed by atoms with E-state index in [-0.39, 0.29) is 47.1 Å². The van der Waals surface area contributed by atoms with Crippen LogP contribution in [0.4, 0.5) is 11.4 Å². The number of aryl methyl sites for hydroxylation is 2. The zero-order valence-electron chi connectivity index (χ0n) is 18.8. The third-order valence-corrected chi connectivity index (χ3v) is 9.36. The SMILES string of the molecule is Cc1ccc(NC(=O)CSc2nc3ccc(N4C(=O)[C@@H]5[C@H](C4=O)[C@H]4C=C[C@H]5C4)cc3s2)cc1C. The van der Waals surface area contributed by atoms with Gasteiger partial charge in [0, 0.05) is 5.69 Å². The summed E-state index contributed by atoms with van der Waals surface area (Å²) in [5.41, 5.74) is 4.52. The average molecular weight is 490 g/mol. The van der Waals surface area contributed by atoms with Gasteiger partial charge in [0.25, 0.3) is 0 Å². The number of aromatic nitrogens is 1. The number of carbonyl (C=O) groups excluding carboxylic acids is 3. The minimum Gasteiger partial charge on any atom is -0.325 e. The van der Waals surface area contributed by atoms with Crippen LogP contribution in [-0.4, -0.2) is 28.5 Å². The number of fused-ring (bicyclic) bond motifs is 6. The number of thiazole rings is 1. The summed E-state index contributed by atoms with van der Waals surface area (Å²) in [6, 6.07) is 11.4. The molecule has 34 heavy (non-hydrogen) atoms. The number of nitrogens with one attached hydrogen (secondary N) is 1. The lowest BCUT2D eigenvalue weighted by Crippen LogP contribution is -2.32. The molecule has 3 aromatic rings. The third-order valence-electron chi connectivity index (χ3n) is 7.20. The van der Waals surface area contributed by atoms with Crippen molar-refractivity contribution >= 4 is 62.4 Å². The highest BCUT2D eigenvalue weighted by Crippen LogP contribution is 2.53. The van der Waals surface area contributed by atoms with Crippen molar-refractivity contribution < 1.29 is 14.4 Å². The molecule has 3 aliphatic rings. The smallest absolute Gasteiger partial charge is 0.238 e. The lowest BCUT2D eigenvalue weighted by atomic mass is 9.85. The number of thioether (sulfide) groups is 1. The molecule has 1 saturated heterocycles. The Labute approximate surface area is 205 Å². The highest BCUT2D eigenvalue weighted by molar-refractivity contribution is 8.01. The van der Waals surface area contributed by atoms with Gasteiger partial charge < -0.3 is 5.32 Å². The van der Waals surface area contributed by atoms with Crippen LogP contribution >= 0.6 is 23.1 Å². The summed E-state index contributed by atoms with van der Waals surface area (Å²) in [4.78, 5) is 44.6. The van der Waals surface area contributed by atoms with E-state index < -0.39 is 0 Å². The average Bonchev–Trinajstić information content (AvgIpc) is 3.57. The molecule has 0 radical (unpaired) electrons. The highest BCUT2D eigenvalue weighted by Gasteiger charge is 2.59. The van der Waals surface area contributed by atoms with Gasteiger partial charge in [-0.3, -0.25) is 14.4 Å². The number of rotatable bonds is 5. The molecule has 0 unspecified atom stereocenters. The largest absolute Gasteiger partial charge is 0.325 e. The van der Waals surface area contributed by atoms with Crippen LogP contribution in [0.2, 0.25) is 0 Å². The van der Waals surface area contributed by atoms with Crippen molar-refractivity contribution in [2.75, 3.05) is 16.0 Å². The van der Waals surface area contributed by atoms with Crippen molar-refractivity contribution in [3.63, 3.8) is 0 Å². The molecule has 6 nitrogen and oxygen atoms in total. The lowest BCUT2D eigenvalue weighted by molar-refractivity contribution is -0.123. The van der Waals surface area contributed by atoms with Gasteiger partial charge in [0.1, 0.15) is 0 Å². The number of amides is 3. The zero-order chi connectivity index (χ0) is 23.6. The number of nitrogens with zero attached hydrogens (tertiary/aromatic N) is 2. The molecule has 2 fully saturated rings. The van der Waals surface area contributed by atoms with Gasteiger partial charge in [0.2, 0.25) is 17.7 Å². The molecule has 2 bridgehead atoms. The molecule has 1 N–H and O–H groups in total. The lowest BCUT2D eigenvalue weighted by Gasteiger charge is -2.17. The number of hydrogen-bond donors (Lipinski definition) is 1. The Morgan fingerprint density at radius 2 is 1.79 bits per heavy atom. The fourth-order valence-electron chi connectivity index (χ4n) is 5.39. The van der Waals surface area contributed by atoms with Crippen molar-refractivity contribution in [2.45, 2.75) is 24.6 Å². The molecular weight excluding hydrogens is 466 g/mol. The first-order valence-corrected chi connectivity index (χ1v) is 13.2. The normalized spacial score (nSPS) is 24.9. The van der Waals surface area contributed by atoms with E-state index in [1.807, 2.05) is 44.2 Å². The van der Waals surface area contributed by atoms with Gasteiger partial charge in [-0.25, -0.2) is 9.88 Å². The molecule has 2 aromatic carbocycles. The molecule has 2 heterocycles. The van der Waals surface area contributed by atoms with Crippen molar-refractivity contribution in [3.05, 3.63) is 59.7 Å². The zero-order valence-corrected chi connectivity index (χ0v) is 20.4. The van der Waals surface area contributed by atoms with E-state index in [0.717, 1.165) is 32.2 Å². The van der Waals surface area contributed by atoms with E-state index in [0.29, 0.717) is 5.69 Å². The fourth-order valence-corrected chi connectivity index (χ4v) is 7.29. The predicted molar refractivity (Wildman–Crippen MR) is 135 cm³/mol. The van der Waals surface area contributed by atoms with Crippen molar-refractivity contribution in [1.82, 2.24) is 4.98 Å². The number of anilines is 2. The van der Waals surface area contributed by atoms with E-state index in [1.165, 1.54) is 33.6 Å². The van der Waals surface area contributed by atoms with Gasteiger partial charge in [-0.1, -0.05) is 30.0 Å².